The minimum absolute atomic E-state index is 0.000753. The Balaban J connectivity index is 1.88. The third kappa shape index (κ3) is 6.41. The Labute approximate surface area is 232 Å². The number of benzene rings is 2. The summed E-state index contributed by atoms with van der Waals surface area (Å²) >= 11 is 0. The first kappa shape index (κ1) is 30.9. The van der Waals surface area contributed by atoms with Crippen molar-refractivity contribution in [2.45, 2.75) is 62.0 Å². The van der Waals surface area contributed by atoms with E-state index in [2.05, 4.69) is 0 Å². The molecule has 0 saturated heterocycles. The fourth-order valence-corrected chi connectivity index (χ4v) is 6.65. The van der Waals surface area contributed by atoms with E-state index in [1.807, 2.05) is 0 Å². The van der Waals surface area contributed by atoms with Crippen LogP contribution in [0.2, 0.25) is 0 Å². The van der Waals surface area contributed by atoms with Crippen LogP contribution in [0.5, 0.6) is 5.75 Å². The largest absolute Gasteiger partial charge is 0.492 e. The number of anilines is 2. The van der Waals surface area contributed by atoms with E-state index in [1.54, 1.807) is 0 Å². The average molecular weight is 612 g/mol. The van der Waals surface area contributed by atoms with Gasteiger partial charge < -0.3 is 14.7 Å². The zero-order chi connectivity index (χ0) is 30.5. The second-order valence-electron chi connectivity index (χ2n) is 11.0. The lowest BCUT2D eigenvalue weighted by Crippen LogP contribution is -2.36. The Morgan fingerprint density at radius 1 is 1.07 bits per heavy atom. The second kappa shape index (κ2) is 10.7. The molecule has 41 heavy (non-hydrogen) atoms. The number of sulfone groups is 1. The van der Waals surface area contributed by atoms with Crippen molar-refractivity contribution in [3.63, 3.8) is 0 Å². The summed E-state index contributed by atoms with van der Waals surface area (Å²) in [4.78, 5) is 12.0. The van der Waals surface area contributed by atoms with Gasteiger partial charge in [-0.1, -0.05) is 0 Å². The van der Waals surface area contributed by atoms with E-state index in [4.69, 9.17) is 4.74 Å². The molecule has 14 heteroatoms. The van der Waals surface area contributed by atoms with Gasteiger partial charge in [0.1, 0.15) is 23.6 Å². The van der Waals surface area contributed by atoms with Crippen molar-refractivity contribution in [1.82, 2.24) is 0 Å². The van der Waals surface area contributed by atoms with Crippen LogP contribution in [0, 0.1) is 23.1 Å². The number of rotatable bonds is 9. The maximum absolute atomic E-state index is 15.7. The molecule has 0 unspecified atom stereocenters. The van der Waals surface area contributed by atoms with Gasteiger partial charge in [-0.2, -0.15) is 13.2 Å². The van der Waals surface area contributed by atoms with Gasteiger partial charge in [-0.3, -0.25) is 4.79 Å². The predicted octanol–water partition coefficient (Wildman–Crippen LogP) is 7.00. The van der Waals surface area contributed by atoms with E-state index in [0.29, 0.717) is 31.9 Å². The van der Waals surface area contributed by atoms with Crippen molar-refractivity contribution in [1.29, 1.82) is 0 Å². The lowest BCUT2D eigenvalue weighted by Gasteiger charge is -2.29. The minimum atomic E-state index is -5.12. The number of alkyl halides is 6. The molecule has 1 aliphatic carbocycles. The molecule has 0 spiro atoms. The highest BCUT2D eigenvalue weighted by molar-refractivity contribution is 7.92. The number of carboxylic acids is 1. The molecule has 2 aromatic rings. The number of nitrogens with zero attached hydrogens (tertiary/aromatic N) is 1. The topological polar surface area (TPSA) is 83.9 Å². The molecule has 1 aliphatic heterocycles. The molecule has 4 rings (SSSR count). The number of fused-ring (bicyclic) bond motifs is 1. The van der Waals surface area contributed by atoms with Crippen molar-refractivity contribution in [3.8, 4) is 5.75 Å². The van der Waals surface area contributed by atoms with Gasteiger partial charge in [0.05, 0.1) is 16.1 Å². The van der Waals surface area contributed by atoms with Crippen molar-refractivity contribution in [3.05, 3.63) is 47.8 Å². The van der Waals surface area contributed by atoms with Crippen molar-refractivity contribution < 1.29 is 53.8 Å². The highest BCUT2D eigenvalue weighted by Crippen LogP contribution is 2.49. The Morgan fingerprint density at radius 2 is 1.68 bits per heavy atom. The molecule has 0 aromatic heterocycles. The molecule has 2 aliphatic rings. The quantitative estimate of drug-likeness (QED) is 0.308. The summed E-state index contributed by atoms with van der Waals surface area (Å²) in [5.41, 5.74) is -6.38. The van der Waals surface area contributed by atoms with Crippen molar-refractivity contribution in [2.75, 3.05) is 18.1 Å². The summed E-state index contributed by atoms with van der Waals surface area (Å²) < 4.78 is 132. The van der Waals surface area contributed by atoms with Crippen molar-refractivity contribution >= 4 is 27.2 Å². The third-order valence-electron chi connectivity index (χ3n) is 7.63. The molecule has 0 radical (unpaired) electrons. The van der Waals surface area contributed by atoms with Crippen molar-refractivity contribution in [2.24, 2.45) is 17.3 Å². The highest BCUT2D eigenvalue weighted by atomic mass is 32.2. The van der Waals surface area contributed by atoms with Crippen LogP contribution in [0.4, 0.5) is 42.1 Å². The molecule has 3 atom stereocenters. The fourth-order valence-electron chi connectivity index (χ4n) is 4.95. The zero-order valence-corrected chi connectivity index (χ0v) is 22.8. The maximum atomic E-state index is 15.7. The molecular weight excluding hydrogens is 583 g/mol. The van der Waals surface area contributed by atoms with Crippen LogP contribution in [0.25, 0.3) is 0 Å². The summed E-state index contributed by atoms with van der Waals surface area (Å²) in [6.07, 6.45) is -5.59. The van der Waals surface area contributed by atoms with E-state index < -0.39 is 98.4 Å². The molecule has 2 aromatic carbocycles. The first-order chi connectivity index (χ1) is 18.8. The number of halogens is 7. The number of ether oxygens (including phenoxy) is 1. The molecule has 6 nitrogen and oxygen atoms in total. The Hall–Kier alpha value is -3.03. The van der Waals surface area contributed by atoms with E-state index in [1.165, 1.54) is 6.92 Å². The van der Waals surface area contributed by atoms with Gasteiger partial charge in [0.2, 0.25) is 21.3 Å². The molecule has 226 valence electrons. The van der Waals surface area contributed by atoms with E-state index in [9.17, 15) is 44.7 Å². The van der Waals surface area contributed by atoms with Crippen LogP contribution in [-0.4, -0.2) is 44.1 Å². The van der Waals surface area contributed by atoms with E-state index >= 15 is 4.39 Å². The van der Waals surface area contributed by atoms with Crippen LogP contribution in [0.15, 0.2) is 41.3 Å². The number of hydrogen-bond donors (Lipinski definition) is 1. The van der Waals surface area contributed by atoms with Crippen LogP contribution < -0.4 is 9.64 Å². The van der Waals surface area contributed by atoms with Gasteiger partial charge in [-0.25, -0.2) is 26.0 Å². The predicted molar refractivity (Wildman–Crippen MR) is 134 cm³/mol. The first-order valence-corrected chi connectivity index (χ1v) is 14.3. The Kier molecular flexibility index (Phi) is 8.04. The normalized spacial score (nSPS) is 22.4. The van der Waals surface area contributed by atoms with Gasteiger partial charge in [0, 0.05) is 30.6 Å². The van der Waals surface area contributed by atoms with Crippen LogP contribution in [0.1, 0.15) is 45.1 Å². The minimum Gasteiger partial charge on any atom is -0.492 e. The second-order valence-corrected chi connectivity index (χ2v) is 12.9. The van der Waals surface area contributed by atoms with Crippen LogP contribution >= 0.6 is 0 Å². The Morgan fingerprint density at radius 3 is 2.20 bits per heavy atom. The number of aliphatic carboxylic acids is 1. The van der Waals surface area contributed by atoms with Gasteiger partial charge in [-0.15, -0.1) is 0 Å². The summed E-state index contributed by atoms with van der Waals surface area (Å²) in [5, 5.41) is 9.68. The third-order valence-corrected chi connectivity index (χ3v) is 9.55. The average Bonchev–Trinajstić information content (AvgIpc) is 3.72. The summed E-state index contributed by atoms with van der Waals surface area (Å²) in [5.74, 6) is -8.26. The molecule has 1 heterocycles. The first-order valence-electron chi connectivity index (χ1n) is 12.7. The summed E-state index contributed by atoms with van der Waals surface area (Å²) in [6.45, 7) is 0.557. The number of carboxylic acid groups (broad SMARTS) is 1. The summed E-state index contributed by atoms with van der Waals surface area (Å²) in [7, 11) is -5.07. The summed E-state index contributed by atoms with van der Waals surface area (Å²) in [6, 6.07) is 5.16. The molecule has 1 saturated carbocycles. The zero-order valence-electron chi connectivity index (χ0n) is 22.0. The monoisotopic (exact) mass is 611 g/mol. The van der Waals surface area contributed by atoms with E-state index in [-0.39, 0.29) is 11.6 Å². The van der Waals surface area contributed by atoms with Gasteiger partial charge in [0.15, 0.2) is 0 Å². The molecule has 0 bridgehead atoms. The van der Waals surface area contributed by atoms with Crippen LogP contribution in [-0.2, 0) is 20.8 Å². The van der Waals surface area contributed by atoms with Gasteiger partial charge in [-0.05, 0) is 69.4 Å². The lowest BCUT2D eigenvalue weighted by molar-refractivity contribution is -0.151. The lowest BCUT2D eigenvalue weighted by atomic mass is 9.86. The Bertz CT molecular complexity index is 1400. The number of carbonyl (C=O) groups is 1. The van der Waals surface area contributed by atoms with Crippen LogP contribution in [0.3, 0.4) is 0 Å². The number of hydrogen-bond acceptors (Lipinski definition) is 5. The smallest absolute Gasteiger partial charge is 0.420 e. The molecule has 0 amide bonds. The molecular formula is C27H28F7NO5S. The fraction of sp³-hybridized carbons (Fsp3) is 0.519. The van der Waals surface area contributed by atoms with Gasteiger partial charge >= 0.3 is 12.1 Å². The highest BCUT2D eigenvalue weighted by Gasteiger charge is 2.49. The van der Waals surface area contributed by atoms with E-state index in [0.717, 1.165) is 29.2 Å². The van der Waals surface area contributed by atoms with Gasteiger partial charge in [0.25, 0.3) is 0 Å². The standard InChI is InChI=1S/C27H28F7NO5S/c1-25(24(36)37,16-3-4-16)14-40-21-12-22-20(11-19(21)27(32,33)34)35(18-7-5-17(28)6-8-18)13-15(9-10-26(2,30)31)23(29)41(22,38)39/h5-8,11-12,15-16,23H,3-4,9-10,13-14H2,1-2H3,(H,36,37)/t15-,23+,25-/m1/s1. The SMILES string of the molecule is CC(F)(F)CC[C@@H]1CN(c2ccc(F)cc2)c2cc(C(F)(F)F)c(OC[C@@](C)(C(=O)O)C3CC3)cc2S(=O)(=O)[C@@H]1F. The molecule has 1 N–H and O–H groups in total. The molecule has 1 fully saturated rings. The maximum Gasteiger partial charge on any atom is 0.420 e.